The van der Waals surface area contributed by atoms with E-state index in [0.717, 1.165) is 16.9 Å². The van der Waals surface area contributed by atoms with Crippen molar-refractivity contribution in [2.24, 2.45) is 5.73 Å². The Morgan fingerprint density at radius 3 is 2.77 bits per heavy atom. The lowest BCUT2D eigenvalue weighted by Gasteiger charge is -2.06. The number of hydrogen-bond donors (Lipinski definition) is 2. The van der Waals surface area contributed by atoms with E-state index in [4.69, 9.17) is 16.2 Å². The highest BCUT2D eigenvalue weighted by atomic mass is 32.1. The average Bonchev–Trinajstić information content (AvgIpc) is 2.83. The molecule has 0 spiro atoms. The minimum Gasteiger partial charge on any atom is -0.495 e. The molecular weight excluding hydrogens is 302 g/mol. The number of primary amides is 1. The standard InChI is InChI=1S/C14H13N5O2S/c1-6-18-11(7-3-8(21-2)5-17-4-7)9-10(15)12(13(16)20)22-14(9)19-6/h3-5H,15H2,1-2H3,(H2,16,20). The van der Waals surface area contributed by atoms with Crippen molar-refractivity contribution in [3.63, 3.8) is 0 Å². The molecule has 4 N–H and O–H groups in total. The molecule has 0 aliphatic carbocycles. The highest BCUT2D eigenvalue weighted by molar-refractivity contribution is 7.21. The molecule has 0 aromatic carbocycles. The van der Waals surface area contributed by atoms with E-state index in [-0.39, 0.29) is 4.88 Å². The Labute approximate surface area is 130 Å². The number of rotatable bonds is 3. The van der Waals surface area contributed by atoms with Crippen molar-refractivity contribution < 1.29 is 9.53 Å². The molecule has 3 rings (SSSR count). The van der Waals surface area contributed by atoms with Gasteiger partial charge in [-0.15, -0.1) is 11.3 Å². The number of nitrogens with two attached hydrogens (primary N) is 2. The Bertz CT molecular complexity index is 890. The average molecular weight is 315 g/mol. The van der Waals surface area contributed by atoms with Gasteiger partial charge in [0.1, 0.15) is 21.3 Å². The molecule has 0 radical (unpaired) electrons. The molecule has 3 aromatic rings. The number of ether oxygens (including phenoxy) is 1. The molecule has 0 atom stereocenters. The number of anilines is 1. The maximum absolute atomic E-state index is 11.5. The third kappa shape index (κ3) is 2.23. The van der Waals surface area contributed by atoms with Crippen molar-refractivity contribution in [1.29, 1.82) is 0 Å². The zero-order chi connectivity index (χ0) is 15.9. The first-order valence-corrected chi connectivity index (χ1v) is 7.18. The number of pyridine rings is 1. The number of nitrogens with zero attached hydrogens (tertiary/aromatic N) is 3. The fourth-order valence-electron chi connectivity index (χ4n) is 2.18. The van der Waals surface area contributed by atoms with E-state index in [1.165, 1.54) is 0 Å². The summed E-state index contributed by atoms with van der Waals surface area (Å²) in [7, 11) is 1.56. The van der Waals surface area contributed by atoms with Crippen LogP contribution in [-0.4, -0.2) is 28.0 Å². The largest absolute Gasteiger partial charge is 0.495 e. The van der Waals surface area contributed by atoms with Crippen LogP contribution in [0.1, 0.15) is 15.5 Å². The first-order chi connectivity index (χ1) is 10.5. The first kappa shape index (κ1) is 14.2. The summed E-state index contributed by atoms with van der Waals surface area (Å²) in [5, 5.41) is 0.611. The van der Waals surface area contributed by atoms with E-state index in [2.05, 4.69) is 15.0 Å². The van der Waals surface area contributed by atoms with E-state index >= 15 is 0 Å². The highest BCUT2D eigenvalue weighted by Crippen LogP contribution is 2.38. The Morgan fingerprint density at radius 2 is 2.09 bits per heavy atom. The molecular formula is C14H13N5O2S. The van der Waals surface area contributed by atoms with E-state index in [1.807, 2.05) is 0 Å². The molecule has 8 heteroatoms. The lowest BCUT2D eigenvalue weighted by atomic mass is 10.1. The Hall–Kier alpha value is -2.74. The molecule has 7 nitrogen and oxygen atoms in total. The Morgan fingerprint density at radius 1 is 1.32 bits per heavy atom. The van der Waals surface area contributed by atoms with Crippen molar-refractivity contribution >= 4 is 33.1 Å². The molecule has 0 saturated heterocycles. The predicted molar refractivity (Wildman–Crippen MR) is 84.9 cm³/mol. The number of aryl methyl sites for hydroxylation is 1. The number of amides is 1. The zero-order valence-electron chi connectivity index (χ0n) is 12.0. The van der Waals surface area contributed by atoms with Gasteiger partial charge in [-0.2, -0.15) is 0 Å². The molecule has 3 heterocycles. The number of methoxy groups -OCH3 is 1. The summed E-state index contributed by atoms with van der Waals surface area (Å²) in [6.45, 7) is 1.77. The normalized spacial score (nSPS) is 10.8. The zero-order valence-corrected chi connectivity index (χ0v) is 12.8. The summed E-state index contributed by atoms with van der Waals surface area (Å²) in [4.78, 5) is 25.3. The van der Waals surface area contributed by atoms with Crippen molar-refractivity contribution in [2.75, 3.05) is 12.8 Å². The lowest BCUT2D eigenvalue weighted by molar-refractivity contribution is 0.100. The smallest absolute Gasteiger partial charge is 0.260 e. The van der Waals surface area contributed by atoms with Crippen molar-refractivity contribution in [1.82, 2.24) is 15.0 Å². The van der Waals surface area contributed by atoms with E-state index in [0.29, 0.717) is 33.2 Å². The number of hydrogen-bond acceptors (Lipinski definition) is 7. The van der Waals surface area contributed by atoms with Gasteiger partial charge in [0.15, 0.2) is 0 Å². The predicted octanol–water partition coefficient (Wildman–Crippen LogP) is 1.75. The molecule has 0 aliphatic heterocycles. The summed E-state index contributed by atoms with van der Waals surface area (Å²) in [6.07, 6.45) is 3.26. The van der Waals surface area contributed by atoms with Gasteiger partial charge in [-0.1, -0.05) is 0 Å². The van der Waals surface area contributed by atoms with Crippen LogP contribution in [0.3, 0.4) is 0 Å². The van der Waals surface area contributed by atoms with Gasteiger partial charge in [0, 0.05) is 11.8 Å². The number of carbonyl (C=O) groups excluding carboxylic acids is 1. The molecule has 0 aliphatic rings. The van der Waals surface area contributed by atoms with Gasteiger partial charge in [0.05, 0.1) is 30.1 Å². The second kappa shape index (κ2) is 5.23. The van der Waals surface area contributed by atoms with E-state index in [9.17, 15) is 4.79 Å². The summed E-state index contributed by atoms with van der Waals surface area (Å²) in [5.74, 6) is 0.598. The second-order valence-electron chi connectivity index (χ2n) is 4.62. The van der Waals surface area contributed by atoms with Gasteiger partial charge in [0.2, 0.25) is 0 Å². The van der Waals surface area contributed by atoms with Crippen LogP contribution >= 0.6 is 11.3 Å². The number of nitrogen functional groups attached to an aromatic ring is 1. The van der Waals surface area contributed by atoms with Gasteiger partial charge in [0.25, 0.3) is 5.91 Å². The molecule has 0 saturated carbocycles. The Balaban J connectivity index is 2.35. The van der Waals surface area contributed by atoms with Crippen LogP contribution < -0.4 is 16.2 Å². The SMILES string of the molecule is COc1cncc(-c2nc(C)nc3sc(C(N)=O)c(N)c23)c1. The summed E-state index contributed by atoms with van der Waals surface area (Å²) in [6, 6.07) is 1.80. The van der Waals surface area contributed by atoms with Crippen LogP contribution in [0.5, 0.6) is 5.75 Å². The van der Waals surface area contributed by atoms with Crippen LogP contribution in [0.4, 0.5) is 5.69 Å². The summed E-state index contributed by atoms with van der Waals surface area (Å²) in [5.41, 5.74) is 13.1. The third-order valence-electron chi connectivity index (χ3n) is 3.15. The fourth-order valence-corrected chi connectivity index (χ4v) is 3.17. The molecule has 1 amide bonds. The Kier molecular flexibility index (Phi) is 3.38. The second-order valence-corrected chi connectivity index (χ2v) is 5.62. The number of aromatic nitrogens is 3. The van der Waals surface area contributed by atoms with Crippen molar-refractivity contribution in [3.05, 3.63) is 29.2 Å². The van der Waals surface area contributed by atoms with E-state index < -0.39 is 5.91 Å². The lowest BCUT2D eigenvalue weighted by Crippen LogP contribution is -2.10. The maximum Gasteiger partial charge on any atom is 0.260 e. The van der Waals surface area contributed by atoms with Crippen LogP contribution in [-0.2, 0) is 0 Å². The fraction of sp³-hybridized carbons (Fsp3) is 0.143. The van der Waals surface area contributed by atoms with Crippen molar-refractivity contribution in [3.8, 4) is 17.0 Å². The minimum atomic E-state index is -0.576. The minimum absolute atomic E-state index is 0.284. The monoisotopic (exact) mass is 315 g/mol. The van der Waals surface area contributed by atoms with Crippen LogP contribution in [0.25, 0.3) is 21.5 Å². The number of carbonyl (C=O) groups is 1. The molecule has 0 unspecified atom stereocenters. The maximum atomic E-state index is 11.5. The molecule has 3 aromatic heterocycles. The summed E-state index contributed by atoms with van der Waals surface area (Å²) < 4.78 is 5.18. The molecule has 22 heavy (non-hydrogen) atoms. The van der Waals surface area contributed by atoms with Crippen LogP contribution in [0, 0.1) is 6.92 Å². The van der Waals surface area contributed by atoms with Crippen LogP contribution in [0.2, 0.25) is 0 Å². The van der Waals surface area contributed by atoms with Gasteiger partial charge in [-0.25, -0.2) is 9.97 Å². The van der Waals surface area contributed by atoms with Gasteiger partial charge >= 0.3 is 0 Å². The van der Waals surface area contributed by atoms with E-state index in [1.54, 1.807) is 32.5 Å². The van der Waals surface area contributed by atoms with Gasteiger partial charge in [-0.3, -0.25) is 9.78 Å². The quantitative estimate of drug-likeness (QED) is 0.760. The third-order valence-corrected chi connectivity index (χ3v) is 4.26. The molecule has 112 valence electrons. The number of fused-ring (bicyclic) bond motifs is 1. The number of thiophene rings is 1. The molecule has 0 bridgehead atoms. The topological polar surface area (TPSA) is 117 Å². The van der Waals surface area contributed by atoms with Crippen molar-refractivity contribution in [2.45, 2.75) is 6.92 Å². The first-order valence-electron chi connectivity index (χ1n) is 6.37. The summed E-state index contributed by atoms with van der Waals surface area (Å²) >= 11 is 1.16. The van der Waals surface area contributed by atoms with Crippen LogP contribution in [0.15, 0.2) is 18.5 Å². The molecule has 0 fully saturated rings. The van der Waals surface area contributed by atoms with Gasteiger partial charge < -0.3 is 16.2 Å². The highest BCUT2D eigenvalue weighted by Gasteiger charge is 2.20. The van der Waals surface area contributed by atoms with Gasteiger partial charge in [-0.05, 0) is 13.0 Å².